The van der Waals surface area contributed by atoms with Crippen LogP contribution in [-0.2, 0) is 24.3 Å². The summed E-state index contributed by atoms with van der Waals surface area (Å²) < 4.78 is 14.8. The minimum atomic E-state index is -1.27. The molecule has 0 radical (unpaired) electrons. The Morgan fingerprint density at radius 2 is 1.67 bits per heavy atom. The first-order valence-corrected chi connectivity index (χ1v) is 12.9. The molecule has 3 N–H and O–H groups in total. The molecule has 1 saturated heterocycles. The number of carboxylic acids is 1. The number of amides is 2. The molecular formula is C29H25N5O7S. The second kappa shape index (κ2) is 13.5. The Kier molecular flexibility index (Phi) is 9.56. The normalized spacial score (nSPS) is 12.9. The van der Waals surface area contributed by atoms with Crippen LogP contribution in [0.1, 0.15) is 36.8 Å². The fourth-order valence-corrected chi connectivity index (χ4v) is 4.50. The van der Waals surface area contributed by atoms with Gasteiger partial charge in [-0.3, -0.25) is 9.59 Å². The van der Waals surface area contributed by atoms with Gasteiger partial charge >= 0.3 is 5.97 Å². The predicted molar refractivity (Wildman–Crippen MR) is 155 cm³/mol. The number of benzene rings is 3. The van der Waals surface area contributed by atoms with Gasteiger partial charge in [0.2, 0.25) is 0 Å². The quantitative estimate of drug-likeness (QED) is 0.291. The summed E-state index contributed by atoms with van der Waals surface area (Å²) in [7, 11) is 1.68. The van der Waals surface area contributed by atoms with Gasteiger partial charge in [0.05, 0.1) is 60.4 Å². The monoisotopic (exact) mass is 587 g/mol. The van der Waals surface area contributed by atoms with Gasteiger partial charge in [-0.05, 0) is 48.5 Å². The molecule has 42 heavy (non-hydrogen) atoms. The third-order valence-electron chi connectivity index (χ3n) is 6.47. The van der Waals surface area contributed by atoms with E-state index in [0.29, 0.717) is 54.2 Å². The summed E-state index contributed by atoms with van der Waals surface area (Å²) in [4.78, 5) is 43.9. The number of nitrogens with one attached hydrogen (secondary N) is 2. The molecule has 0 aliphatic carbocycles. The number of aromatic nitrogens is 1. The maximum absolute atomic E-state index is 13.2. The molecule has 0 unspecified atom stereocenters. The second-order valence-corrected chi connectivity index (χ2v) is 9.08. The molecule has 1 aliphatic heterocycles. The lowest BCUT2D eigenvalue weighted by Gasteiger charge is -2.26. The number of hydrogen-bond donors (Lipinski definition) is 3. The number of nitrogens with zero attached hydrogens (tertiary/aromatic N) is 3. The molecule has 0 atom stereocenters. The van der Waals surface area contributed by atoms with Gasteiger partial charge in [-0.2, -0.15) is 9.47 Å². The van der Waals surface area contributed by atoms with Crippen LogP contribution in [0.15, 0.2) is 66.7 Å². The van der Waals surface area contributed by atoms with Crippen molar-refractivity contribution in [3.63, 3.8) is 0 Å². The highest BCUT2D eigenvalue weighted by molar-refractivity contribution is 7.44. The Bertz CT molecular complexity index is 1690. The molecule has 3 aromatic carbocycles. The lowest BCUT2D eigenvalue weighted by atomic mass is 10.1. The number of rotatable bonds is 7. The molecular weight excluding hydrogens is 562 g/mol. The van der Waals surface area contributed by atoms with E-state index in [2.05, 4.69) is 23.2 Å². The summed E-state index contributed by atoms with van der Waals surface area (Å²) >= 11 is 2.83. The highest BCUT2D eigenvalue weighted by Gasteiger charge is 2.20. The number of hydrogen-bond acceptors (Lipinski definition) is 9. The number of para-hydroxylation sites is 1. The van der Waals surface area contributed by atoms with Gasteiger partial charge in [0, 0.05) is 18.0 Å². The van der Waals surface area contributed by atoms with Crippen molar-refractivity contribution in [2.24, 2.45) is 7.05 Å². The molecule has 0 spiro atoms. The van der Waals surface area contributed by atoms with Crippen molar-refractivity contribution in [1.82, 2.24) is 9.63 Å². The minimum Gasteiger partial charge on any atom is -0.478 e. The Hall–Kier alpha value is -5.16. The fourth-order valence-electron chi connectivity index (χ4n) is 4.50. The largest absolute Gasteiger partial charge is 0.478 e. The number of carboxylic acid groups (broad SMARTS) is 1. The van der Waals surface area contributed by atoms with Crippen molar-refractivity contribution >= 4 is 52.6 Å². The number of morpholine rings is 1. The fraction of sp³-hybridized carbons (Fsp3) is 0.172. The van der Waals surface area contributed by atoms with Gasteiger partial charge < -0.3 is 29.9 Å². The summed E-state index contributed by atoms with van der Waals surface area (Å²) in [5.41, 5.74) is 1.79. The van der Waals surface area contributed by atoms with Crippen molar-refractivity contribution in [2.45, 2.75) is 0 Å². The Balaban J connectivity index is 0.00000198. The van der Waals surface area contributed by atoms with Crippen LogP contribution >= 0.6 is 0 Å². The average molecular weight is 588 g/mol. The molecule has 13 heteroatoms. The van der Waals surface area contributed by atoms with E-state index in [1.54, 1.807) is 59.1 Å². The molecule has 0 saturated carbocycles. The van der Waals surface area contributed by atoms with Crippen LogP contribution < -0.4 is 15.5 Å². The van der Waals surface area contributed by atoms with Crippen molar-refractivity contribution in [2.75, 3.05) is 36.9 Å². The molecule has 5 rings (SSSR count). The number of carbonyl (C=O) groups excluding carboxylic acids is 2. The first-order valence-electron chi connectivity index (χ1n) is 12.6. The smallest absolute Gasteiger partial charge is 0.337 e. The van der Waals surface area contributed by atoms with E-state index in [9.17, 15) is 19.5 Å². The van der Waals surface area contributed by atoms with Crippen LogP contribution in [0, 0.1) is 11.3 Å². The number of ether oxygens (including phenoxy) is 1. The Morgan fingerprint density at radius 3 is 2.38 bits per heavy atom. The predicted octanol–water partition coefficient (Wildman–Crippen LogP) is 3.54. The maximum Gasteiger partial charge on any atom is 0.337 e. The van der Waals surface area contributed by atoms with Crippen LogP contribution in [0.5, 0.6) is 5.75 Å². The van der Waals surface area contributed by atoms with Gasteiger partial charge in [0.15, 0.2) is 12.5 Å². The van der Waals surface area contributed by atoms with Gasteiger partial charge in [0.1, 0.15) is 11.4 Å². The van der Waals surface area contributed by atoms with E-state index in [0.717, 1.165) is 0 Å². The molecule has 12 nitrogen and oxygen atoms in total. The maximum atomic E-state index is 13.2. The van der Waals surface area contributed by atoms with Crippen molar-refractivity contribution in [3.8, 4) is 11.8 Å². The molecule has 1 fully saturated rings. The summed E-state index contributed by atoms with van der Waals surface area (Å²) in [6, 6.07) is 19.7. The SMILES string of the molecule is Cn1c(C(=O)Nc2ccc(C#N)cc2C(=O)O)cc2cccc(NC(=O)c3cccc(ON4CCOCC4)c3)c21.O=S. The molecule has 214 valence electrons. The number of anilines is 2. The molecule has 4 aromatic rings. The molecule has 2 heterocycles. The van der Waals surface area contributed by atoms with Gasteiger partial charge in [0.25, 0.3) is 11.8 Å². The van der Waals surface area contributed by atoms with E-state index >= 15 is 0 Å². The van der Waals surface area contributed by atoms with Gasteiger partial charge in [-0.1, -0.05) is 18.2 Å². The zero-order chi connectivity index (χ0) is 30.2. The third kappa shape index (κ3) is 6.58. The van der Waals surface area contributed by atoms with Crippen molar-refractivity contribution < 1.29 is 33.3 Å². The van der Waals surface area contributed by atoms with E-state index in [1.165, 1.54) is 18.2 Å². The standard InChI is InChI=1S/C29H25N5O6.OS/c1-33-25(28(36)31-23-9-8-18(17-30)14-22(23)29(37)38)16-19-4-3-7-24(26(19)33)32-27(35)20-5-2-6-21(15-20)40-34-10-12-39-13-11-34;1-2/h2-9,14-16H,10-13H2,1H3,(H,31,36)(H,32,35)(H,37,38);. The average Bonchev–Trinajstić information content (AvgIpc) is 3.36. The van der Waals surface area contributed by atoms with Crippen LogP contribution in [0.25, 0.3) is 10.9 Å². The molecule has 1 aromatic heterocycles. The zero-order valence-corrected chi connectivity index (χ0v) is 23.1. The number of nitriles is 1. The number of aromatic carboxylic acids is 1. The number of carbonyl (C=O) groups is 3. The van der Waals surface area contributed by atoms with Gasteiger partial charge in [-0.15, -0.1) is 5.06 Å². The lowest BCUT2D eigenvalue weighted by Crippen LogP contribution is -2.38. The van der Waals surface area contributed by atoms with E-state index < -0.39 is 11.9 Å². The molecule has 2 amide bonds. The van der Waals surface area contributed by atoms with Crippen molar-refractivity contribution in [3.05, 3.63) is 89.1 Å². The first-order chi connectivity index (χ1) is 20.3. The third-order valence-corrected chi connectivity index (χ3v) is 6.47. The topological polar surface area (TPSA) is 163 Å². The van der Waals surface area contributed by atoms with Crippen LogP contribution in [0.3, 0.4) is 0 Å². The first kappa shape index (κ1) is 29.8. The number of hydroxylamine groups is 2. The molecule has 1 aliphatic rings. The Morgan fingerprint density at radius 1 is 0.952 bits per heavy atom. The van der Waals surface area contributed by atoms with Gasteiger partial charge in [-0.25, -0.2) is 4.79 Å². The zero-order valence-electron chi connectivity index (χ0n) is 22.3. The number of aryl methyl sites for hydroxylation is 1. The van der Waals surface area contributed by atoms with E-state index in [4.69, 9.17) is 19.0 Å². The van der Waals surface area contributed by atoms with E-state index in [-0.39, 0.29) is 28.4 Å². The van der Waals surface area contributed by atoms with Crippen LogP contribution in [0.4, 0.5) is 11.4 Å². The second-order valence-electron chi connectivity index (χ2n) is 9.08. The van der Waals surface area contributed by atoms with E-state index in [1.807, 2.05) is 12.1 Å². The Labute approximate surface area is 245 Å². The lowest BCUT2D eigenvalue weighted by molar-refractivity contribution is -0.118. The van der Waals surface area contributed by atoms with Crippen molar-refractivity contribution in [1.29, 1.82) is 5.26 Å². The minimum absolute atomic E-state index is 0.0643. The molecule has 0 bridgehead atoms. The summed E-state index contributed by atoms with van der Waals surface area (Å²) in [5.74, 6) is -1.63. The summed E-state index contributed by atoms with van der Waals surface area (Å²) in [5, 5.41) is 26.6. The highest BCUT2D eigenvalue weighted by atomic mass is 32.1. The summed E-state index contributed by atoms with van der Waals surface area (Å²) in [6.07, 6.45) is 0. The summed E-state index contributed by atoms with van der Waals surface area (Å²) in [6.45, 7) is 2.42. The van der Waals surface area contributed by atoms with Crippen LogP contribution in [0.2, 0.25) is 0 Å². The van der Waals surface area contributed by atoms with Crippen LogP contribution in [-0.4, -0.2) is 63.0 Å². The highest BCUT2D eigenvalue weighted by Crippen LogP contribution is 2.28. The number of fused-ring (bicyclic) bond motifs is 1.